The van der Waals surface area contributed by atoms with Crippen molar-refractivity contribution in [2.45, 2.75) is 17.5 Å². The lowest BCUT2D eigenvalue weighted by Crippen LogP contribution is -2.43. The zero-order valence-corrected chi connectivity index (χ0v) is 14.9. The van der Waals surface area contributed by atoms with Crippen LogP contribution in [-0.2, 0) is 16.4 Å². The minimum atomic E-state index is -3.63. The second kappa shape index (κ2) is 6.90. The lowest BCUT2D eigenvalue weighted by molar-refractivity contribution is 0.545. The number of rotatable bonds is 4. The Bertz CT molecular complexity index is 1010. The first-order valence-corrected chi connectivity index (χ1v) is 9.96. The number of benzene rings is 2. The highest BCUT2D eigenvalue weighted by atomic mass is 32.2. The van der Waals surface area contributed by atoms with Gasteiger partial charge in [-0.2, -0.15) is 0 Å². The third kappa shape index (κ3) is 3.47. The Hall–Kier alpha value is -2.70. The van der Waals surface area contributed by atoms with Gasteiger partial charge in [-0.25, -0.2) is 18.1 Å². The zero-order chi connectivity index (χ0) is 18.0. The van der Waals surface area contributed by atoms with Gasteiger partial charge < -0.3 is 5.32 Å². The van der Waals surface area contributed by atoms with Crippen LogP contribution in [0.3, 0.4) is 0 Å². The standard InChI is InChI=1S/C20H19N3O2S/c24-26(25,20-8-4-5-11-21-20)23-18-13-17-12-16(9-10-19(17)22-14-18)15-6-2-1-3-7-15/h1-12,18,22-23H,13-14H2. The molecule has 1 unspecified atom stereocenters. The van der Waals surface area contributed by atoms with Gasteiger partial charge in [0.05, 0.1) is 0 Å². The quantitative estimate of drug-likeness (QED) is 0.745. The predicted octanol–water partition coefficient (Wildman–Crippen LogP) is 3.06. The van der Waals surface area contributed by atoms with Gasteiger partial charge in [-0.15, -0.1) is 0 Å². The van der Waals surface area contributed by atoms with Crippen molar-refractivity contribution in [1.29, 1.82) is 0 Å². The molecule has 0 saturated carbocycles. The van der Waals surface area contributed by atoms with Crippen molar-refractivity contribution in [3.8, 4) is 11.1 Å². The molecule has 132 valence electrons. The van der Waals surface area contributed by atoms with Gasteiger partial charge in [-0.3, -0.25) is 0 Å². The number of sulfonamides is 1. The molecule has 5 nitrogen and oxygen atoms in total. The number of anilines is 1. The van der Waals surface area contributed by atoms with Crippen LogP contribution in [0.4, 0.5) is 5.69 Å². The molecular formula is C20H19N3O2S. The average Bonchev–Trinajstić information content (AvgIpc) is 2.68. The van der Waals surface area contributed by atoms with E-state index in [-0.39, 0.29) is 11.1 Å². The molecule has 0 bridgehead atoms. The van der Waals surface area contributed by atoms with E-state index in [1.807, 2.05) is 18.2 Å². The van der Waals surface area contributed by atoms with E-state index < -0.39 is 10.0 Å². The maximum absolute atomic E-state index is 12.5. The van der Waals surface area contributed by atoms with Crippen molar-refractivity contribution in [1.82, 2.24) is 9.71 Å². The van der Waals surface area contributed by atoms with E-state index in [9.17, 15) is 8.42 Å². The molecule has 2 heterocycles. The first-order valence-electron chi connectivity index (χ1n) is 8.47. The van der Waals surface area contributed by atoms with Crippen molar-refractivity contribution in [3.05, 3.63) is 78.5 Å². The maximum atomic E-state index is 12.5. The van der Waals surface area contributed by atoms with Crippen LogP contribution in [0, 0.1) is 0 Å². The minimum Gasteiger partial charge on any atom is -0.383 e. The normalized spacial score (nSPS) is 16.5. The molecule has 1 atom stereocenters. The molecule has 0 amide bonds. The van der Waals surface area contributed by atoms with E-state index in [0.717, 1.165) is 22.4 Å². The van der Waals surface area contributed by atoms with Gasteiger partial charge in [0.1, 0.15) is 0 Å². The Morgan fingerprint density at radius 3 is 2.54 bits per heavy atom. The summed E-state index contributed by atoms with van der Waals surface area (Å²) in [6, 6.07) is 21.1. The fourth-order valence-corrected chi connectivity index (χ4v) is 4.37. The van der Waals surface area contributed by atoms with E-state index in [1.54, 1.807) is 12.1 Å². The Kier molecular flexibility index (Phi) is 4.44. The molecule has 2 N–H and O–H groups in total. The Balaban J connectivity index is 1.56. The van der Waals surface area contributed by atoms with Crippen molar-refractivity contribution < 1.29 is 8.42 Å². The minimum absolute atomic E-state index is 0.0452. The van der Waals surface area contributed by atoms with Crippen molar-refractivity contribution in [2.24, 2.45) is 0 Å². The van der Waals surface area contributed by atoms with Crippen LogP contribution in [0.25, 0.3) is 11.1 Å². The predicted molar refractivity (Wildman–Crippen MR) is 102 cm³/mol. The fourth-order valence-electron chi connectivity index (χ4n) is 3.19. The summed E-state index contributed by atoms with van der Waals surface area (Å²) >= 11 is 0. The maximum Gasteiger partial charge on any atom is 0.258 e. The number of fused-ring (bicyclic) bond motifs is 1. The molecule has 26 heavy (non-hydrogen) atoms. The zero-order valence-electron chi connectivity index (χ0n) is 14.1. The molecule has 0 radical (unpaired) electrons. The highest BCUT2D eigenvalue weighted by Crippen LogP contribution is 2.28. The largest absolute Gasteiger partial charge is 0.383 e. The van der Waals surface area contributed by atoms with E-state index in [1.165, 1.54) is 12.3 Å². The molecule has 0 aliphatic carbocycles. The number of nitrogens with one attached hydrogen (secondary N) is 2. The molecular weight excluding hydrogens is 346 g/mol. The molecule has 0 fully saturated rings. The van der Waals surface area contributed by atoms with E-state index in [0.29, 0.717) is 13.0 Å². The molecule has 4 rings (SSSR count). The van der Waals surface area contributed by atoms with Gasteiger partial charge >= 0.3 is 0 Å². The monoisotopic (exact) mass is 365 g/mol. The topological polar surface area (TPSA) is 71.1 Å². The lowest BCUT2D eigenvalue weighted by Gasteiger charge is -2.27. The first-order chi connectivity index (χ1) is 12.6. The summed E-state index contributed by atoms with van der Waals surface area (Å²) < 4.78 is 27.8. The third-order valence-corrected chi connectivity index (χ3v) is 5.89. The summed E-state index contributed by atoms with van der Waals surface area (Å²) in [6.45, 7) is 0.545. The van der Waals surface area contributed by atoms with Crippen molar-refractivity contribution >= 4 is 15.7 Å². The summed E-state index contributed by atoms with van der Waals surface area (Å²) in [5, 5.41) is 3.36. The number of nitrogens with zero attached hydrogens (tertiary/aromatic N) is 1. The molecule has 6 heteroatoms. The lowest BCUT2D eigenvalue weighted by atomic mass is 9.95. The average molecular weight is 365 g/mol. The van der Waals surface area contributed by atoms with Crippen LogP contribution in [0.2, 0.25) is 0 Å². The summed E-state index contributed by atoms with van der Waals surface area (Å²) in [6.07, 6.45) is 2.12. The summed E-state index contributed by atoms with van der Waals surface area (Å²) in [5.74, 6) is 0. The van der Waals surface area contributed by atoms with Gasteiger partial charge in [0.2, 0.25) is 0 Å². The smallest absolute Gasteiger partial charge is 0.258 e. The number of pyridine rings is 1. The van der Waals surface area contributed by atoms with E-state index in [2.05, 4.69) is 45.4 Å². The van der Waals surface area contributed by atoms with Crippen LogP contribution in [0.1, 0.15) is 5.56 Å². The summed E-state index contributed by atoms with van der Waals surface area (Å²) in [5.41, 5.74) is 4.43. The molecule has 0 spiro atoms. The van der Waals surface area contributed by atoms with Crippen LogP contribution in [0.5, 0.6) is 0 Å². The van der Waals surface area contributed by atoms with Crippen molar-refractivity contribution in [3.63, 3.8) is 0 Å². The Morgan fingerprint density at radius 2 is 1.77 bits per heavy atom. The highest BCUT2D eigenvalue weighted by Gasteiger charge is 2.25. The van der Waals surface area contributed by atoms with Crippen LogP contribution in [0.15, 0.2) is 78.0 Å². The molecule has 1 aliphatic rings. The summed E-state index contributed by atoms with van der Waals surface area (Å²) in [4.78, 5) is 3.94. The third-order valence-electron chi connectivity index (χ3n) is 4.45. The number of hydrogen-bond donors (Lipinski definition) is 2. The molecule has 3 aromatic rings. The number of hydrogen-bond acceptors (Lipinski definition) is 4. The number of aromatic nitrogens is 1. The Labute approximate surface area is 153 Å². The van der Waals surface area contributed by atoms with Gasteiger partial charge in [0.25, 0.3) is 10.0 Å². The second-order valence-corrected chi connectivity index (χ2v) is 7.97. The van der Waals surface area contributed by atoms with Crippen molar-refractivity contribution in [2.75, 3.05) is 11.9 Å². The SMILES string of the molecule is O=S(=O)(NC1CNc2ccc(-c3ccccc3)cc2C1)c1ccccn1. The molecule has 1 aliphatic heterocycles. The Morgan fingerprint density at radius 1 is 0.962 bits per heavy atom. The van der Waals surface area contributed by atoms with E-state index in [4.69, 9.17) is 0 Å². The fraction of sp³-hybridized carbons (Fsp3) is 0.150. The van der Waals surface area contributed by atoms with Gasteiger partial charge in [0.15, 0.2) is 5.03 Å². The molecule has 0 saturated heterocycles. The van der Waals surface area contributed by atoms with Crippen LogP contribution < -0.4 is 10.0 Å². The van der Waals surface area contributed by atoms with Gasteiger partial charge in [0, 0.05) is 24.5 Å². The van der Waals surface area contributed by atoms with E-state index >= 15 is 0 Å². The van der Waals surface area contributed by atoms with Crippen LogP contribution >= 0.6 is 0 Å². The molecule has 2 aromatic carbocycles. The summed E-state index contributed by atoms with van der Waals surface area (Å²) in [7, 11) is -3.63. The van der Waals surface area contributed by atoms with Gasteiger partial charge in [-0.1, -0.05) is 42.5 Å². The first kappa shape index (κ1) is 16.8. The second-order valence-electron chi connectivity index (χ2n) is 6.31. The van der Waals surface area contributed by atoms with Gasteiger partial charge in [-0.05, 0) is 47.4 Å². The molecule has 1 aromatic heterocycles. The van der Waals surface area contributed by atoms with Crippen LogP contribution in [-0.4, -0.2) is 26.0 Å². The highest BCUT2D eigenvalue weighted by molar-refractivity contribution is 7.89.